The average molecular weight is 158 g/mol. The van der Waals surface area contributed by atoms with E-state index in [1.807, 2.05) is 4.90 Å². The van der Waals surface area contributed by atoms with Crippen LogP contribution in [-0.4, -0.2) is 35.2 Å². The fraction of sp³-hybridized carbons (Fsp3) is 0.857. The smallest absolute Gasteiger partial charge is 0.335 e. The van der Waals surface area contributed by atoms with Crippen LogP contribution in [0.5, 0.6) is 0 Å². The summed E-state index contributed by atoms with van der Waals surface area (Å²) in [6.07, 6.45) is 2.54. The van der Waals surface area contributed by atoms with Crippen LogP contribution in [0, 0.1) is 0 Å². The van der Waals surface area contributed by atoms with E-state index in [9.17, 15) is 4.79 Å². The SMILES string of the molecule is N[C@@H](C(=O)O)N1CCCCC1. The van der Waals surface area contributed by atoms with Gasteiger partial charge in [-0.15, -0.1) is 0 Å². The first-order chi connectivity index (χ1) is 5.22. The molecular formula is C7H14N2O2. The van der Waals surface area contributed by atoms with E-state index < -0.39 is 12.1 Å². The Morgan fingerprint density at radius 2 is 1.91 bits per heavy atom. The van der Waals surface area contributed by atoms with E-state index in [0.29, 0.717) is 0 Å². The molecule has 0 aromatic rings. The second-order valence-corrected chi connectivity index (χ2v) is 2.88. The second kappa shape index (κ2) is 3.69. The zero-order valence-electron chi connectivity index (χ0n) is 6.49. The lowest BCUT2D eigenvalue weighted by Crippen LogP contribution is -2.49. The molecule has 1 heterocycles. The third kappa shape index (κ3) is 2.17. The minimum absolute atomic E-state index is 0.796. The first-order valence-electron chi connectivity index (χ1n) is 3.94. The molecule has 1 atom stereocenters. The first kappa shape index (κ1) is 8.49. The van der Waals surface area contributed by atoms with Crippen LogP contribution in [-0.2, 0) is 4.79 Å². The minimum Gasteiger partial charge on any atom is -0.479 e. The molecule has 0 aromatic carbocycles. The van der Waals surface area contributed by atoms with Crippen molar-refractivity contribution in [1.82, 2.24) is 4.90 Å². The summed E-state index contributed by atoms with van der Waals surface area (Å²) in [5.41, 5.74) is 5.42. The van der Waals surface area contributed by atoms with Gasteiger partial charge in [0.15, 0.2) is 6.17 Å². The molecule has 1 aliphatic rings. The third-order valence-electron chi connectivity index (χ3n) is 2.04. The lowest BCUT2D eigenvalue weighted by molar-refractivity contribution is -0.143. The molecule has 1 aliphatic heterocycles. The molecule has 0 aromatic heterocycles. The third-order valence-corrected chi connectivity index (χ3v) is 2.04. The van der Waals surface area contributed by atoms with Gasteiger partial charge in [-0.2, -0.15) is 0 Å². The Kier molecular flexibility index (Phi) is 2.84. The maximum Gasteiger partial charge on any atom is 0.335 e. The van der Waals surface area contributed by atoms with Crippen molar-refractivity contribution in [2.45, 2.75) is 25.4 Å². The number of piperidine rings is 1. The number of likely N-dealkylation sites (tertiary alicyclic amines) is 1. The van der Waals surface area contributed by atoms with Crippen molar-refractivity contribution in [3.05, 3.63) is 0 Å². The van der Waals surface area contributed by atoms with Crippen molar-refractivity contribution >= 4 is 5.97 Å². The lowest BCUT2D eigenvalue weighted by Gasteiger charge is -2.29. The molecule has 0 amide bonds. The Morgan fingerprint density at radius 3 is 2.36 bits per heavy atom. The van der Waals surface area contributed by atoms with Gasteiger partial charge in [0.05, 0.1) is 0 Å². The van der Waals surface area contributed by atoms with Crippen LogP contribution >= 0.6 is 0 Å². The van der Waals surface area contributed by atoms with Crippen molar-refractivity contribution in [1.29, 1.82) is 0 Å². The highest BCUT2D eigenvalue weighted by Gasteiger charge is 2.21. The highest BCUT2D eigenvalue weighted by atomic mass is 16.4. The molecule has 11 heavy (non-hydrogen) atoms. The molecule has 3 N–H and O–H groups in total. The largest absolute Gasteiger partial charge is 0.479 e. The number of rotatable bonds is 2. The van der Waals surface area contributed by atoms with Crippen molar-refractivity contribution in [3.8, 4) is 0 Å². The predicted molar refractivity (Wildman–Crippen MR) is 41.0 cm³/mol. The summed E-state index contributed by atoms with van der Waals surface area (Å²) in [6, 6.07) is 0. The summed E-state index contributed by atoms with van der Waals surface area (Å²) in [5, 5.41) is 8.57. The maximum atomic E-state index is 10.4. The van der Waals surface area contributed by atoms with Crippen molar-refractivity contribution in [3.63, 3.8) is 0 Å². The van der Waals surface area contributed by atoms with E-state index in [-0.39, 0.29) is 0 Å². The first-order valence-corrected chi connectivity index (χ1v) is 3.94. The predicted octanol–water partition coefficient (Wildman–Crippen LogP) is -0.158. The maximum absolute atomic E-state index is 10.4. The van der Waals surface area contributed by atoms with Gasteiger partial charge in [0.2, 0.25) is 0 Å². The topological polar surface area (TPSA) is 66.6 Å². The van der Waals surface area contributed by atoms with E-state index in [2.05, 4.69) is 0 Å². The lowest BCUT2D eigenvalue weighted by atomic mass is 10.1. The summed E-state index contributed by atoms with van der Waals surface area (Å²) < 4.78 is 0. The molecule has 1 fully saturated rings. The summed E-state index contributed by atoms with van der Waals surface area (Å²) in [7, 11) is 0. The van der Waals surface area contributed by atoms with Gasteiger partial charge in [0.1, 0.15) is 0 Å². The molecule has 0 unspecified atom stereocenters. The van der Waals surface area contributed by atoms with Gasteiger partial charge in [-0.25, -0.2) is 4.79 Å². The van der Waals surface area contributed by atoms with Crippen molar-refractivity contribution in [2.24, 2.45) is 5.73 Å². The van der Waals surface area contributed by atoms with Gasteiger partial charge in [-0.1, -0.05) is 6.42 Å². The van der Waals surface area contributed by atoms with Crippen molar-refractivity contribution < 1.29 is 9.90 Å². The molecule has 4 heteroatoms. The molecule has 0 spiro atoms. The molecule has 0 saturated carbocycles. The molecular weight excluding hydrogens is 144 g/mol. The quantitative estimate of drug-likeness (QED) is 0.586. The number of hydrogen-bond donors (Lipinski definition) is 2. The Morgan fingerprint density at radius 1 is 1.36 bits per heavy atom. The number of nitrogens with zero attached hydrogens (tertiary/aromatic N) is 1. The monoisotopic (exact) mass is 158 g/mol. The van der Waals surface area contributed by atoms with Gasteiger partial charge in [-0.05, 0) is 12.8 Å². The van der Waals surface area contributed by atoms with E-state index in [1.165, 1.54) is 6.42 Å². The zero-order valence-corrected chi connectivity index (χ0v) is 6.49. The van der Waals surface area contributed by atoms with E-state index in [4.69, 9.17) is 10.8 Å². The van der Waals surface area contributed by atoms with Crippen LogP contribution in [0.1, 0.15) is 19.3 Å². The Hall–Kier alpha value is -0.610. The van der Waals surface area contributed by atoms with Gasteiger partial charge >= 0.3 is 5.97 Å². The van der Waals surface area contributed by atoms with E-state index in [1.54, 1.807) is 0 Å². The summed E-state index contributed by atoms with van der Waals surface area (Å²) in [6.45, 7) is 1.65. The summed E-state index contributed by atoms with van der Waals surface area (Å²) in [5.74, 6) is -0.924. The minimum atomic E-state index is -0.924. The number of carboxylic acids is 1. The average Bonchev–Trinajstić information content (AvgIpc) is 2.05. The zero-order chi connectivity index (χ0) is 8.27. The number of nitrogens with two attached hydrogens (primary N) is 1. The van der Waals surface area contributed by atoms with Crippen LogP contribution < -0.4 is 5.73 Å². The number of hydrogen-bond acceptors (Lipinski definition) is 3. The highest BCUT2D eigenvalue weighted by Crippen LogP contribution is 2.09. The van der Waals surface area contributed by atoms with Gasteiger partial charge < -0.3 is 10.8 Å². The Labute approximate surface area is 66.0 Å². The summed E-state index contributed by atoms with van der Waals surface area (Å²) >= 11 is 0. The normalized spacial score (nSPS) is 23.0. The van der Waals surface area contributed by atoms with Gasteiger partial charge in [0.25, 0.3) is 0 Å². The number of carbonyl (C=O) groups is 1. The van der Waals surface area contributed by atoms with Crippen LogP contribution in [0.4, 0.5) is 0 Å². The van der Waals surface area contributed by atoms with Crippen molar-refractivity contribution in [2.75, 3.05) is 13.1 Å². The van der Waals surface area contributed by atoms with Crippen LogP contribution in [0.25, 0.3) is 0 Å². The fourth-order valence-corrected chi connectivity index (χ4v) is 1.35. The van der Waals surface area contributed by atoms with E-state index >= 15 is 0 Å². The molecule has 4 nitrogen and oxygen atoms in total. The molecule has 1 saturated heterocycles. The standard InChI is InChI=1S/C7H14N2O2/c8-6(7(10)11)9-4-2-1-3-5-9/h6H,1-5,8H2,(H,10,11)/t6-/m1/s1. The highest BCUT2D eigenvalue weighted by molar-refractivity contribution is 5.72. The van der Waals surface area contributed by atoms with E-state index in [0.717, 1.165) is 25.9 Å². The summed E-state index contributed by atoms with van der Waals surface area (Å²) in [4.78, 5) is 12.2. The number of carboxylic acid groups (broad SMARTS) is 1. The molecule has 0 radical (unpaired) electrons. The van der Waals surface area contributed by atoms with Crippen LogP contribution in [0.2, 0.25) is 0 Å². The Balaban J connectivity index is 2.38. The number of aliphatic carboxylic acids is 1. The van der Waals surface area contributed by atoms with Crippen LogP contribution in [0.15, 0.2) is 0 Å². The van der Waals surface area contributed by atoms with Gasteiger partial charge in [0, 0.05) is 13.1 Å². The van der Waals surface area contributed by atoms with Crippen LogP contribution in [0.3, 0.4) is 0 Å². The Bertz CT molecular complexity index is 143. The second-order valence-electron chi connectivity index (χ2n) is 2.88. The molecule has 0 bridgehead atoms. The molecule has 64 valence electrons. The molecule has 0 aliphatic carbocycles. The molecule has 1 rings (SSSR count). The van der Waals surface area contributed by atoms with Gasteiger partial charge in [-0.3, -0.25) is 4.90 Å². The fourth-order valence-electron chi connectivity index (χ4n) is 1.35.